The molecule has 2 aromatic rings. The van der Waals surface area contributed by atoms with Gasteiger partial charge in [-0.15, -0.1) is 0 Å². The summed E-state index contributed by atoms with van der Waals surface area (Å²) < 4.78 is 5.37. The van der Waals surface area contributed by atoms with E-state index in [1.165, 1.54) is 12.0 Å². The van der Waals surface area contributed by atoms with Gasteiger partial charge in [-0.1, -0.05) is 30.3 Å². The van der Waals surface area contributed by atoms with Crippen molar-refractivity contribution in [1.82, 2.24) is 5.32 Å². The molecular weight excluding hydrogens is 234 g/mol. The molecule has 1 fully saturated rings. The van der Waals surface area contributed by atoms with Gasteiger partial charge in [0.25, 0.3) is 0 Å². The van der Waals surface area contributed by atoms with E-state index in [1.807, 2.05) is 6.07 Å². The molecule has 0 amide bonds. The summed E-state index contributed by atoms with van der Waals surface area (Å²) in [6.07, 6.45) is 5.17. The van der Waals surface area contributed by atoms with Gasteiger partial charge in [-0.2, -0.15) is 0 Å². The maximum atomic E-state index is 5.37. The summed E-state index contributed by atoms with van der Waals surface area (Å²) in [7, 11) is 0. The van der Waals surface area contributed by atoms with Crippen LogP contribution in [-0.2, 0) is 6.42 Å². The Labute approximate surface area is 114 Å². The number of rotatable bonds is 6. The topological polar surface area (TPSA) is 25.2 Å². The third-order valence-corrected chi connectivity index (χ3v) is 3.92. The Bertz CT molecular complexity index is 491. The van der Waals surface area contributed by atoms with E-state index < -0.39 is 0 Å². The van der Waals surface area contributed by atoms with Crippen molar-refractivity contribution >= 4 is 0 Å². The number of benzene rings is 1. The van der Waals surface area contributed by atoms with Gasteiger partial charge in [-0.25, -0.2) is 0 Å². The Morgan fingerprint density at radius 3 is 2.79 bits per heavy atom. The van der Waals surface area contributed by atoms with Crippen molar-refractivity contribution < 1.29 is 4.42 Å². The third kappa shape index (κ3) is 3.27. The fraction of sp³-hybridized carbons (Fsp3) is 0.412. The Morgan fingerprint density at radius 1 is 1.21 bits per heavy atom. The quantitative estimate of drug-likeness (QED) is 0.850. The Morgan fingerprint density at radius 2 is 2.05 bits per heavy atom. The summed E-state index contributed by atoms with van der Waals surface area (Å²) in [5.41, 5.74) is 1.47. The summed E-state index contributed by atoms with van der Waals surface area (Å²) in [4.78, 5) is 0. The molecule has 3 rings (SSSR count). The van der Waals surface area contributed by atoms with E-state index in [9.17, 15) is 0 Å². The molecule has 0 radical (unpaired) electrons. The first-order chi connectivity index (χ1) is 9.33. The van der Waals surface area contributed by atoms with E-state index in [1.54, 1.807) is 6.26 Å². The third-order valence-electron chi connectivity index (χ3n) is 3.92. The van der Waals surface area contributed by atoms with Crippen molar-refractivity contribution in [2.75, 3.05) is 0 Å². The monoisotopic (exact) mass is 255 g/mol. The fourth-order valence-electron chi connectivity index (χ4n) is 2.71. The van der Waals surface area contributed by atoms with Crippen LogP contribution >= 0.6 is 0 Å². The van der Waals surface area contributed by atoms with Gasteiger partial charge in [0.15, 0.2) is 0 Å². The average Bonchev–Trinajstić information content (AvgIpc) is 3.00. The molecule has 1 aromatic heterocycles. The zero-order chi connectivity index (χ0) is 13.1. The maximum absolute atomic E-state index is 5.37. The maximum Gasteiger partial charge on any atom is 0.103 e. The van der Waals surface area contributed by atoms with Gasteiger partial charge in [0.2, 0.25) is 0 Å². The van der Waals surface area contributed by atoms with E-state index >= 15 is 0 Å². The number of nitrogens with one attached hydrogen (secondary N) is 1. The SMILES string of the molecule is CC(CCc1ccco1)NC1CC1c1ccccc1. The van der Waals surface area contributed by atoms with Crippen molar-refractivity contribution in [3.63, 3.8) is 0 Å². The Hall–Kier alpha value is -1.54. The smallest absolute Gasteiger partial charge is 0.103 e. The lowest BCUT2D eigenvalue weighted by atomic mass is 10.1. The fourth-order valence-corrected chi connectivity index (χ4v) is 2.71. The van der Waals surface area contributed by atoms with Crippen molar-refractivity contribution in [1.29, 1.82) is 0 Å². The first-order valence-electron chi connectivity index (χ1n) is 7.16. The molecule has 2 heteroatoms. The van der Waals surface area contributed by atoms with Gasteiger partial charge in [-0.05, 0) is 37.5 Å². The molecule has 3 atom stereocenters. The van der Waals surface area contributed by atoms with Crippen LogP contribution in [-0.4, -0.2) is 12.1 Å². The van der Waals surface area contributed by atoms with Crippen LogP contribution in [0.4, 0.5) is 0 Å². The molecule has 1 aliphatic rings. The lowest BCUT2D eigenvalue weighted by molar-refractivity contribution is 0.457. The highest BCUT2D eigenvalue weighted by atomic mass is 16.3. The molecule has 0 spiro atoms. The minimum Gasteiger partial charge on any atom is -0.469 e. The van der Waals surface area contributed by atoms with Crippen LogP contribution in [0.1, 0.15) is 37.0 Å². The van der Waals surface area contributed by atoms with Crippen LogP contribution in [0, 0.1) is 0 Å². The molecule has 0 aliphatic heterocycles. The minimum absolute atomic E-state index is 0.545. The minimum atomic E-state index is 0.545. The summed E-state index contributed by atoms with van der Waals surface area (Å²) >= 11 is 0. The normalized spacial score (nSPS) is 23.2. The molecule has 1 heterocycles. The first kappa shape index (κ1) is 12.5. The predicted molar refractivity (Wildman–Crippen MR) is 77.2 cm³/mol. The Balaban J connectivity index is 1.43. The largest absolute Gasteiger partial charge is 0.469 e. The number of furan rings is 1. The molecule has 0 bridgehead atoms. The van der Waals surface area contributed by atoms with Crippen molar-refractivity contribution in [2.24, 2.45) is 0 Å². The van der Waals surface area contributed by atoms with Crippen LogP contribution in [0.5, 0.6) is 0 Å². The van der Waals surface area contributed by atoms with Gasteiger partial charge in [-0.3, -0.25) is 0 Å². The molecule has 100 valence electrons. The average molecular weight is 255 g/mol. The zero-order valence-electron chi connectivity index (χ0n) is 11.4. The van der Waals surface area contributed by atoms with E-state index in [2.05, 4.69) is 48.6 Å². The van der Waals surface area contributed by atoms with E-state index in [0.717, 1.165) is 18.6 Å². The highest BCUT2D eigenvalue weighted by Gasteiger charge is 2.38. The van der Waals surface area contributed by atoms with E-state index in [-0.39, 0.29) is 0 Å². The zero-order valence-corrected chi connectivity index (χ0v) is 11.4. The summed E-state index contributed by atoms with van der Waals surface area (Å²) in [5.74, 6) is 1.80. The molecule has 3 unspecified atom stereocenters. The van der Waals surface area contributed by atoms with Gasteiger partial charge in [0, 0.05) is 24.4 Å². The van der Waals surface area contributed by atoms with Gasteiger partial charge in [0.1, 0.15) is 5.76 Å². The van der Waals surface area contributed by atoms with Crippen LogP contribution in [0.2, 0.25) is 0 Å². The van der Waals surface area contributed by atoms with E-state index in [0.29, 0.717) is 18.0 Å². The Kier molecular flexibility index (Phi) is 3.69. The standard InChI is InChI=1S/C17H21NO/c1-13(9-10-15-8-5-11-19-15)18-17-12-16(17)14-6-3-2-4-7-14/h2-8,11,13,16-18H,9-10,12H2,1H3. The first-order valence-corrected chi connectivity index (χ1v) is 7.16. The molecule has 1 aromatic carbocycles. The van der Waals surface area contributed by atoms with Crippen LogP contribution in [0.15, 0.2) is 53.1 Å². The van der Waals surface area contributed by atoms with Crippen LogP contribution in [0.3, 0.4) is 0 Å². The molecule has 1 aliphatic carbocycles. The van der Waals surface area contributed by atoms with Gasteiger partial charge < -0.3 is 9.73 Å². The summed E-state index contributed by atoms with van der Waals surface area (Å²) in [6, 6.07) is 16.0. The van der Waals surface area contributed by atoms with Gasteiger partial charge >= 0.3 is 0 Å². The second-order valence-electron chi connectivity index (χ2n) is 5.55. The molecule has 1 N–H and O–H groups in total. The second-order valence-corrected chi connectivity index (χ2v) is 5.55. The highest BCUT2D eigenvalue weighted by Crippen LogP contribution is 2.40. The van der Waals surface area contributed by atoms with Crippen molar-refractivity contribution in [2.45, 2.75) is 44.2 Å². The van der Waals surface area contributed by atoms with Crippen molar-refractivity contribution in [3.05, 3.63) is 60.1 Å². The summed E-state index contributed by atoms with van der Waals surface area (Å²) in [5, 5.41) is 3.72. The molecule has 19 heavy (non-hydrogen) atoms. The number of hydrogen-bond donors (Lipinski definition) is 1. The van der Waals surface area contributed by atoms with Crippen molar-refractivity contribution in [3.8, 4) is 0 Å². The highest BCUT2D eigenvalue weighted by molar-refractivity contribution is 5.27. The van der Waals surface area contributed by atoms with E-state index in [4.69, 9.17) is 4.42 Å². The van der Waals surface area contributed by atoms with Crippen LogP contribution in [0.25, 0.3) is 0 Å². The second kappa shape index (κ2) is 5.62. The number of hydrogen-bond acceptors (Lipinski definition) is 2. The lowest BCUT2D eigenvalue weighted by Crippen LogP contribution is -2.29. The number of aryl methyl sites for hydroxylation is 1. The van der Waals surface area contributed by atoms with Gasteiger partial charge in [0.05, 0.1) is 6.26 Å². The molecular formula is C17H21NO. The lowest BCUT2D eigenvalue weighted by Gasteiger charge is -2.13. The molecule has 1 saturated carbocycles. The summed E-state index contributed by atoms with van der Waals surface area (Å²) in [6.45, 7) is 2.27. The van der Waals surface area contributed by atoms with Crippen LogP contribution < -0.4 is 5.32 Å². The molecule has 0 saturated heterocycles. The predicted octanol–water partition coefficient (Wildman–Crippen LogP) is 3.75. The molecule has 2 nitrogen and oxygen atoms in total.